The highest BCUT2D eigenvalue weighted by atomic mass is 127. The molecule has 88 valence electrons. The number of esters is 1. The Morgan fingerprint density at radius 2 is 2.19 bits per heavy atom. The quantitative estimate of drug-likeness (QED) is 0.614. The first-order valence-electron chi connectivity index (χ1n) is 5.15. The number of halogens is 1. The molecule has 4 heteroatoms. The second-order valence-corrected chi connectivity index (χ2v) is 4.44. The van der Waals surface area contributed by atoms with Crippen LogP contribution in [0.4, 0.5) is 0 Å². The molecule has 0 N–H and O–H groups in total. The fourth-order valence-corrected chi connectivity index (χ4v) is 1.89. The molecule has 0 atom stereocenters. The molecule has 0 aliphatic heterocycles. The molecule has 0 aromatic heterocycles. The van der Waals surface area contributed by atoms with E-state index >= 15 is 0 Å². The molecular formula is C12H15IO3. The summed E-state index contributed by atoms with van der Waals surface area (Å²) in [6.45, 7) is 2.25. The number of benzene rings is 1. The summed E-state index contributed by atoms with van der Waals surface area (Å²) in [6, 6.07) is 5.95. The molecule has 0 unspecified atom stereocenters. The van der Waals surface area contributed by atoms with Crippen LogP contribution in [0.1, 0.15) is 18.9 Å². The Labute approximate surface area is 109 Å². The SMILES string of the molecule is CCOC(=O)CCc1ccc(I)c(OC)c1. The molecule has 0 aliphatic rings. The van der Waals surface area contributed by atoms with Crippen LogP contribution in [-0.4, -0.2) is 19.7 Å². The van der Waals surface area contributed by atoms with Crippen LogP contribution in [0.5, 0.6) is 5.75 Å². The maximum Gasteiger partial charge on any atom is 0.306 e. The normalized spacial score (nSPS) is 9.94. The van der Waals surface area contributed by atoms with Gasteiger partial charge in [-0.2, -0.15) is 0 Å². The van der Waals surface area contributed by atoms with E-state index in [1.807, 2.05) is 25.1 Å². The van der Waals surface area contributed by atoms with Gasteiger partial charge in [0.2, 0.25) is 0 Å². The van der Waals surface area contributed by atoms with Crippen LogP contribution >= 0.6 is 22.6 Å². The summed E-state index contributed by atoms with van der Waals surface area (Å²) in [7, 11) is 1.65. The summed E-state index contributed by atoms with van der Waals surface area (Å²) in [6.07, 6.45) is 1.10. The van der Waals surface area contributed by atoms with E-state index in [1.165, 1.54) is 0 Å². The monoisotopic (exact) mass is 334 g/mol. The van der Waals surface area contributed by atoms with Crippen LogP contribution in [-0.2, 0) is 16.0 Å². The van der Waals surface area contributed by atoms with Crippen LogP contribution in [0.15, 0.2) is 18.2 Å². The molecule has 0 heterocycles. The Kier molecular flexibility index (Phi) is 5.59. The number of hydrogen-bond donors (Lipinski definition) is 0. The minimum absolute atomic E-state index is 0.153. The molecule has 1 aromatic rings. The highest BCUT2D eigenvalue weighted by molar-refractivity contribution is 14.1. The van der Waals surface area contributed by atoms with Crippen molar-refractivity contribution in [2.45, 2.75) is 19.8 Å². The van der Waals surface area contributed by atoms with E-state index in [2.05, 4.69) is 22.6 Å². The molecule has 0 bridgehead atoms. The van der Waals surface area contributed by atoms with Crippen molar-refractivity contribution in [3.8, 4) is 5.75 Å². The maximum atomic E-state index is 11.2. The van der Waals surface area contributed by atoms with Gasteiger partial charge in [-0.25, -0.2) is 0 Å². The van der Waals surface area contributed by atoms with E-state index in [1.54, 1.807) is 7.11 Å². The van der Waals surface area contributed by atoms with Crippen LogP contribution in [0.25, 0.3) is 0 Å². The van der Waals surface area contributed by atoms with Gasteiger partial charge in [0.05, 0.1) is 17.3 Å². The summed E-state index contributed by atoms with van der Waals surface area (Å²) in [5, 5.41) is 0. The van der Waals surface area contributed by atoms with Crippen molar-refractivity contribution in [1.82, 2.24) is 0 Å². The number of hydrogen-bond acceptors (Lipinski definition) is 3. The standard InChI is InChI=1S/C12H15IO3/c1-3-16-12(14)7-5-9-4-6-10(13)11(8-9)15-2/h4,6,8H,3,5,7H2,1-2H3. The molecule has 0 saturated carbocycles. The van der Waals surface area contributed by atoms with Gasteiger partial charge in [0.1, 0.15) is 5.75 Å². The van der Waals surface area contributed by atoms with Gasteiger partial charge >= 0.3 is 5.97 Å². The second kappa shape index (κ2) is 6.73. The zero-order valence-corrected chi connectivity index (χ0v) is 11.6. The summed E-state index contributed by atoms with van der Waals surface area (Å²) < 4.78 is 11.2. The number of rotatable bonds is 5. The Bertz CT molecular complexity index is 363. The number of methoxy groups -OCH3 is 1. The van der Waals surface area contributed by atoms with E-state index in [0.717, 1.165) is 14.9 Å². The van der Waals surface area contributed by atoms with Crippen molar-refractivity contribution >= 4 is 28.6 Å². The van der Waals surface area contributed by atoms with Crippen LogP contribution in [0, 0.1) is 3.57 Å². The number of carbonyl (C=O) groups is 1. The van der Waals surface area contributed by atoms with E-state index in [9.17, 15) is 4.79 Å². The maximum absolute atomic E-state index is 11.2. The third kappa shape index (κ3) is 4.00. The predicted molar refractivity (Wildman–Crippen MR) is 70.7 cm³/mol. The third-order valence-electron chi connectivity index (χ3n) is 2.14. The predicted octanol–water partition coefficient (Wildman–Crippen LogP) is 2.80. The molecule has 3 nitrogen and oxygen atoms in total. The van der Waals surface area contributed by atoms with Crippen molar-refractivity contribution in [2.24, 2.45) is 0 Å². The van der Waals surface area contributed by atoms with Gasteiger partial charge in [-0.3, -0.25) is 4.79 Å². The highest BCUT2D eigenvalue weighted by Crippen LogP contribution is 2.22. The molecule has 0 fully saturated rings. The molecule has 0 saturated heterocycles. The van der Waals surface area contributed by atoms with Crippen molar-refractivity contribution in [3.05, 3.63) is 27.3 Å². The second-order valence-electron chi connectivity index (χ2n) is 3.27. The van der Waals surface area contributed by atoms with Gasteiger partial charge in [-0.05, 0) is 53.6 Å². The highest BCUT2D eigenvalue weighted by Gasteiger charge is 2.05. The Hall–Kier alpha value is -0.780. The molecule has 1 aromatic carbocycles. The van der Waals surface area contributed by atoms with Gasteiger partial charge in [-0.15, -0.1) is 0 Å². The van der Waals surface area contributed by atoms with Crippen molar-refractivity contribution < 1.29 is 14.3 Å². The Morgan fingerprint density at radius 1 is 1.44 bits per heavy atom. The number of ether oxygens (including phenoxy) is 2. The van der Waals surface area contributed by atoms with E-state index in [4.69, 9.17) is 9.47 Å². The van der Waals surface area contributed by atoms with E-state index in [0.29, 0.717) is 19.4 Å². The summed E-state index contributed by atoms with van der Waals surface area (Å²) in [5.74, 6) is 0.696. The van der Waals surface area contributed by atoms with Crippen molar-refractivity contribution in [3.63, 3.8) is 0 Å². The zero-order valence-electron chi connectivity index (χ0n) is 9.46. The molecule has 0 radical (unpaired) electrons. The lowest BCUT2D eigenvalue weighted by atomic mass is 10.1. The van der Waals surface area contributed by atoms with Crippen LogP contribution in [0.3, 0.4) is 0 Å². The van der Waals surface area contributed by atoms with Gasteiger partial charge in [-0.1, -0.05) is 6.07 Å². The van der Waals surface area contributed by atoms with Crippen LogP contribution < -0.4 is 4.74 Å². The topological polar surface area (TPSA) is 35.5 Å². The average Bonchev–Trinajstić information content (AvgIpc) is 2.28. The minimum Gasteiger partial charge on any atom is -0.496 e. The first kappa shape index (κ1) is 13.3. The molecule has 0 amide bonds. The molecule has 16 heavy (non-hydrogen) atoms. The van der Waals surface area contributed by atoms with E-state index < -0.39 is 0 Å². The van der Waals surface area contributed by atoms with Gasteiger partial charge in [0.15, 0.2) is 0 Å². The third-order valence-corrected chi connectivity index (χ3v) is 3.03. The molecule has 0 spiro atoms. The first-order chi connectivity index (χ1) is 7.67. The fraction of sp³-hybridized carbons (Fsp3) is 0.417. The lowest BCUT2D eigenvalue weighted by Gasteiger charge is -2.06. The summed E-state index contributed by atoms with van der Waals surface area (Å²) in [4.78, 5) is 11.2. The molecular weight excluding hydrogens is 319 g/mol. The van der Waals surface area contributed by atoms with Gasteiger partial charge < -0.3 is 9.47 Å². The minimum atomic E-state index is -0.153. The largest absolute Gasteiger partial charge is 0.496 e. The van der Waals surface area contributed by atoms with E-state index in [-0.39, 0.29) is 5.97 Å². The lowest BCUT2D eigenvalue weighted by Crippen LogP contribution is -2.05. The van der Waals surface area contributed by atoms with Crippen molar-refractivity contribution in [1.29, 1.82) is 0 Å². The van der Waals surface area contributed by atoms with Gasteiger partial charge in [0.25, 0.3) is 0 Å². The molecule has 0 aliphatic carbocycles. The fourth-order valence-electron chi connectivity index (χ4n) is 1.34. The zero-order chi connectivity index (χ0) is 12.0. The number of carbonyl (C=O) groups excluding carboxylic acids is 1. The summed E-state index contributed by atoms with van der Waals surface area (Å²) >= 11 is 2.22. The lowest BCUT2D eigenvalue weighted by molar-refractivity contribution is -0.143. The van der Waals surface area contributed by atoms with Crippen LogP contribution in [0.2, 0.25) is 0 Å². The first-order valence-corrected chi connectivity index (χ1v) is 6.23. The Morgan fingerprint density at radius 3 is 2.81 bits per heavy atom. The molecule has 1 rings (SSSR count). The number of aryl methyl sites for hydroxylation is 1. The van der Waals surface area contributed by atoms with Crippen molar-refractivity contribution in [2.75, 3.05) is 13.7 Å². The average molecular weight is 334 g/mol. The smallest absolute Gasteiger partial charge is 0.306 e. The summed E-state index contributed by atoms with van der Waals surface area (Å²) in [5.41, 5.74) is 1.09. The van der Waals surface area contributed by atoms with Gasteiger partial charge in [0, 0.05) is 6.42 Å². The Balaban J connectivity index is 2.57.